The molecule has 0 aliphatic carbocycles. The third-order valence-electron chi connectivity index (χ3n) is 3.65. The molecular formula is C13H17N5O3. The summed E-state index contributed by atoms with van der Waals surface area (Å²) in [6.45, 7) is 1.66. The van der Waals surface area contributed by atoms with Gasteiger partial charge in [-0.05, 0) is 36.1 Å². The van der Waals surface area contributed by atoms with Gasteiger partial charge in [-0.2, -0.15) is 4.80 Å². The van der Waals surface area contributed by atoms with E-state index in [1.165, 1.54) is 11.1 Å². The third kappa shape index (κ3) is 3.10. The Balaban J connectivity index is 1.58. The third-order valence-corrected chi connectivity index (χ3v) is 3.65. The minimum atomic E-state index is -0.0289. The van der Waals surface area contributed by atoms with Gasteiger partial charge in [0.15, 0.2) is 5.76 Å². The summed E-state index contributed by atoms with van der Waals surface area (Å²) in [7, 11) is 0. The van der Waals surface area contributed by atoms with Gasteiger partial charge in [-0.3, -0.25) is 4.79 Å². The fraction of sp³-hybridized carbons (Fsp3) is 0.538. The van der Waals surface area contributed by atoms with Gasteiger partial charge in [0.25, 0.3) is 0 Å². The molecule has 3 heterocycles. The second-order valence-electron chi connectivity index (χ2n) is 5.13. The van der Waals surface area contributed by atoms with E-state index in [9.17, 15) is 4.79 Å². The molecule has 0 bridgehead atoms. The standard InChI is InChI=1S/C13H17N5O3/c19-6-4-10-3-5-17(8-10)12(20)9-18-15-13(14-16-18)11-2-1-7-21-11/h1-2,7,10,19H,3-6,8-9H2. The van der Waals surface area contributed by atoms with Crippen LogP contribution in [-0.2, 0) is 11.3 Å². The molecule has 8 heteroatoms. The van der Waals surface area contributed by atoms with E-state index in [1.807, 2.05) is 0 Å². The Labute approximate surface area is 121 Å². The Kier molecular flexibility index (Phi) is 3.96. The number of hydrogen-bond acceptors (Lipinski definition) is 6. The van der Waals surface area contributed by atoms with E-state index >= 15 is 0 Å². The molecule has 3 rings (SSSR count). The monoisotopic (exact) mass is 291 g/mol. The summed E-state index contributed by atoms with van der Waals surface area (Å²) in [4.78, 5) is 15.2. The number of aliphatic hydroxyl groups is 1. The van der Waals surface area contributed by atoms with Crippen LogP contribution in [0.1, 0.15) is 12.8 Å². The highest BCUT2D eigenvalue weighted by Gasteiger charge is 2.26. The molecule has 2 aromatic heterocycles. The molecule has 1 amide bonds. The van der Waals surface area contributed by atoms with Crippen LogP contribution in [0.2, 0.25) is 0 Å². The first-order valence-electron chi connectivity index (χ1n) is 6.96. The van der Waals surface area contributed by atoms with Crippen LogP contribution >= 0.6 is 0 Å². The fourth-order valence-electron chi connectivity index (χ4n) is 2.51. The van der Waals surface area contributed by atoms with Crippen LogP contribution in [0.25, 0.3) is 11.6 Å². The predicted molar refractivity (Wildman–Crippen MR) is 71.9 cm³/mol. The van der Waals surface area contributed by atoms with Crippen molar-refractivity contribution in [2.45, 2.75) is 19.4 Å². The van der Waals surface area contributed by atoms with Crippen molar-refractivity contribution in [3.8, 4) is 11.6 Å². The number of tetrazole rings is 1. The van der Waals surface area contributed by atoms with Crippen LogP contribution < -0.4 is 0 Å². The molecule has 1 saturated heterocycles. The van der Waals surface area contributed by atoms with Crippen LogP contribution in [-0.4, -0.2) is 55.8 Å². The van der Waals surface area contributed by atoms with Crippen molar-refractivity contribution >= 4 is 5.91 Å². The molecule has 0 saturated carbocycles. The highest BCUT2D eigenvalue weighted by atomic mass is 16.3. The SMILES string of the molecule is O=C(Cn1nnc(-c2ccco2)n1)N1CCC(CCO)C1. The second-order valence-corrected chi connectivity index (χ2v) is 5.13. The molecule has 21 heavy (non-hydrogen) atoms. The van der Waals surface area contributed by atoms with Gasteiger partial charge in [-0.25, -0.2) is 0 Å². The van der Waals surface area contributed by atoms with E-state index in [1.54, 1.807) is 17.0 Å². The number of furan rings is 1. The number of rotatable bonds is 5. The van der Waals surface area contributed by atoms with E-state index in [-0.39, 0.29) is 19.1 Å². The maximum Gasteiger partial charge on any atom is 0.246 e. The molecule has 1 aliphatic rings. The summed E-state index contributed by atoms with van der Waals surface area (Å²) in [6.07, 6.45) is 3.22. The minimum absolute atomic E-state index is 0.0289. The molecule has 0 spiro atoms. The average molecular weight is 291 g/mol. The average Bonchev–Trinajstić information content (AvgIpc) is 3.20. The van der Waals surface area contributed by atoms with Crippen LogP contribution in [0.4, 0.5) is 0 Å². The molecule has 0 aromatic carbocycles. The van der Waals surface area contributed by atoms with Crippen molar-refractivity contribution in [3.05, 3.63) is 18.4 Å². The van der Waals surface area contributed by atoms with Crippen molar-refractivity contribution in [3.63, 3.8) is 0 Å². The smallest absolute Gasteiger partial charge is 0.246 e. The number of hydrogen-bond donors (Lipinski definition) is 1. The first-order valence-corrected chi connectivity index (χ1v) is 6.96. The first-order chi connectivity index (χ1) is 10.3. The van der Waals surface area contributed by atoms with Gasteiger partial charge in [0.05, 0.1) is 6.26 Å². The summed E-state index contributed by atoms with van der Waals surface area (Å²) < 4.78 is 5.18. The molecule has 1 aliphatic heterocycles. The molecule has 0 radical (unpaired) electrons. The van der Waals surface area contributed by atoms with Gasteiger partial charge in [-0.1, -0.05) is 0 Å². The lowest BCUT2D eigenvalue weighted by Crippen LogP contribution is -2.32. The molecule has 1 fully saturated rings. The van der Waals surface area contributed by atoms with Gasteiger partial charge in [-0.15, -0.1) is 10.2 Å². The van der Waals surface area contributed by atoms with E-state index in [0.717, 1.165) is 19.4 Å². The van der Waals surface area contributed by atoms with Gasteiger partial charge < -0.3 is 14.4 Å². The predicted octanol–water partition coefficient (Wildman–Crippen LogP) is 0.164. The second kappa shape index (κ2) is 6.04. The maximum atomic E-state index is 12.2. The Morgan fingerprint density at radius 3 is 3.19 bits per heavy atom. The summed E-state index contributed by atoms with van der Waals surface area (Å²) in [6, 6.07) is 3.48. The Bertz CT molecular complexity index is 595. The Morgan fingerprint density at radius 1 is 1.52 bits per heavy atom. The minimum Gasteiger partial charge on any atom is -0.461 e. The zero-order valence-electron chi connectivity index (χ0n) is 11.6. The number of carbonyl (C=O) groups is 1. The van der Waals surface area contributed by atoms with Gasteiger partial charge in [0.1, 0.15) is 6.54 Å². The summed E-state index contributed by atoms with van der Waals surface area (Å²) in [5.74, 6) is 1.26. The lowest BCUT2D eigenvalue weighted by Gasteiger charge is -2.15. The molecule has 1 unspecified atom stereocenters. The van der Waals surface area contributed by atoms with Gasteiger partial charge in [0.2, 0.25) is 11.7 Å². The Morgan fingerprint density at radius 2 is 2.43 bits per heavy atom. The molecule has 8 nitrogen and oxygen atoms in total. The number of aromatic nitrogens is 4. The molecule has 1 atom stereocenters. The molecular weight excluding hydrogens is 274 g/mol. The van der Waals surface area contributed by atoms with E-state index < -0.39 is 0 Å². The summed E-state index contributed by atoms with van der Waals surface area (Å²) in [5, 5.41) is 20.8. The summed E-state index contributed by atoms with van der Waals surface area (Å²) in [5.41, 5.74) is 0. The molecule has 2 aromatic rings. The quantitative estimate of drug-likeness (QED) is 0.843. The molecule has 112 valence electrons. The highest BCUT2D eigenvalue weighted by molar-refractivity contribution is 5.76. The van der Waals surface area contributed by atoms with Crippen LogP contribution in [0.15, 0.2) is 22.8 Å². The van der Waals surface area contributed by atoms with Crippen molar-refractivity contribution in [1.82, 2.24) is 25.1 Å². The number of nitrogens with zero attached hydrogens (tertiary/aromatic N) is 5. The summed E-state index contributed by atoms with van der Waals surface area (Å²) >= 11 is 0. The van der Waals surface area contributed by atoms with Crippen LogP contribution in [0.5, 0.6) is 0 Å². The normalized spacial score (nSPS) is 18.3. The number of aliphatic hydroxyl groups excluding tert-OH is 1. The number of carbonyl (C=O) groups excluding carboxylic acids is 1. The lowest BCUT2D eigenvalue weighted by atomic mass is 10.1. The molecule has 1 N–H and O–H groups in total. The zero-order chi connectivity index (χ0) is 14.7. The lowest BCUT2D eigenvalue weighted by molar-refractivity contribution is -0.131. The van der Waals surface area contributed by atoms with E-state index in [2.05, 4.69) is 15.4 Å². The maximum absolute atomic E-state index is 12.2. The number of amides is 1. The van der Waals surface area contributed by atoms with Gasteiger partial charge >= 0.3 is 0 Å². The van der Waals surface area contributed by atoms with Crippen molar-refractivity contribution in [2.75, 3.05) is 19.7 Å². The number of likely N-dealkylation sites (tertiary alicyclic amines) is 1. The van der Waals surface area contributed by atoms with Crippen molar-refractivity contribution in [1.29, 1.82) is 0 Å². The Hall–Kier alpha value is -2.22. The topological polar surface area (TPSA) is 97.3 Å². The van der Waals surface area contributed by atoms with Crippen LogP contribution in [0, 0.1) is 5.92 Å². The van der Waals surface area contributed by atoms with Crippen LogP contribution in [0.3, 0.4) is 0 Å². The zero-order valence-corrected chi connectivity index (χ0v) is 11.6. The fourth-order valence-corrected chi connectivity index (χ4v) is 2.51. The van der Waals surface area contributed by atoms with Crippen molar-refractivity contribution in [2.24, 2.45) is 5.92 Å². The first kappa shape index (κ1) is 13.7. The van der Waals surface area contributed by atoms with Crippen molar-refractivity contribution < 1.29 is 14.3 Å². The largest absolute Gasteiger partial charge is 0.461 e. The van der Waals surface area contributed by atoms with Gasteiger partial charge in [0, 0.05) is 19.7 Å². The van der Waals surface area contributed by atoms with E-state index in [0.29, 0.717) is 24.0 Å². The van der Waals surface area contributed by atoms with E-state index in [4.69, 9.17) is 9.52 Å². The highest BCUT2D eigenvalue weighted by Crippen LogP contribution is 2.19.